The lowest BCUT2D eigenvalue weighted by molar-refractivity contribution is -0.152. The van der Waals surface area contributed by atoms with E-state index in [0.29, 0.717) is 18.9 Å². The number of Topliss-reactive ketones (excluding diaryl/α,β-unsaturated/α-hetero) is 1. The fourth-order valence-corrected chi connectivity index (χ4v) is 3.99. The number of methoxy groups -OCH3 is 2. The van der Waals surface area contributed by atoms with Crippen molar-refractivity contribution in [2.45, 2.75) is 65.8 Å². The third-order valence-corrected chi connectivity index (χ3v) is 5.66. The van der Waals surface area contributed by atoms with E-state index < -0.39 is 0 Å². The van der Waals surface area contributed by atoms with E-state index in [2.05, 4.69) is 33.8 Å². The number of rotatable bonds is 9. The van der Waals surface area contributed by atoms with Crippen molar-refractivity contribution in [1.82, 2.24) is 0 Å². The molecule has 1 aliphatic carbocycles. The molecule has 1 aromatic rings. The van der Waals surface area contributed by atoms with Gasteiger partial charge in [0.05, 0.1) is 31.8 Å². The van der Waals surface area contributed by atoms with Gasteiger partial charge in [0, 0.05) is 13.5 Å². The first-order valence-corrected chi connectivity index (χ1v) is 10.3. The maximum Gasteiger partial charge on any atom is 0.143 e. The Morgan fingerprint density at radius 1 is 1.18 bits per heavy atom. The molecular formula is C24H36O4. The molecule has 4 nitrogen and oxygen atoms in total. The van der Waals surface area contributed by atoms with E-state index in [0.717, 1.165) is 29.7 Å². The number of ketones is 1. The Kier molecular flexibility index (Phi) is 8.71. The number of ether oxygens (including phenoxy) is 3. The Morgan fingerprint density at radius 3 is 2.43 bits per heavy atom. The van der Waals surface area contributed by atoms with Crippen LogP contribution in [0, 0.1) is 17.8 Å². The lowest BCUT2D eigenvalue weighted by Crippen LogP contribution is -2.50. The Hall–Kier alpha value is -1.65. The normalized spacial score (nSPS) is 26.0. The molecule has 0 spiro atoms. The highest BCUT2D eigenvalue weighted by atomic mass is 16.5. The molecule has 0 aromatic heterocycles. The molecule has 0 saturated heterocycles. The fraction of sp³-hybridized carbons (Fsp3) is 0.625. The standard InChI is InChI=1S/C24H36O4/c1-16(2)8-7-9-17(3)22-21(25)14-18(4)23(24(22)27-6)28-15-19-10-12-20(26-5)13-11-19/h9-13,16,18,22-24H,7-8,14-15H2,1-6H3/b17-9+. The lowest BCUT2D eigenvalue weighted by Gasteiger charge is -2.40. The second-order valence-electron chi connectivity index (χ2n) is 8.37. The van der Waals surface area contributed by atoms with Gasteiger partial charge in [-0.1, -0.05) is 44.6 Å². The first-order valence-electron chi connectivity index (χ1n) is 10.3. The summed E-state index contributed by atoms with van der Waals surface area (Å²) in [6.07, 6.45) is 4.52. The highest BCUT2D eigenvalue weighted by Gasteiger charge is 2.44. The van der Waals surface area contributed by atoms with Crippen LogP contribution in [-0.4, -0.2) is 32.2 Å². The molecule has 0 bridgehead atoms. The van der Waals surface area contributed by atoms with E-state index in [1.165, 1.54) is 0 Å². The summed E-state index contributed by atoms with van der Waals surface area (Å²) in [5.41, 5.74) is 2.20. The number of carbonyl (C=O) groups excluding carboxylic acids is 1. The second kappa shape index (κ2) is 10.8. The van der Waals surface area contributed by atoms with Crippen LogP contribution in [0.2, 0.25) is 0 Å². The molecule has 0 radical (unpaired) electrons. The van der Waals surface area contributed by atoms with Gasteiger partial charge in [0.15, 0.2) is 0 Å². The molecule has 0 heterocycles. The number of benzene rings is 1. The fourth-order valence-electron chi connectivity index (χ4n) is 3.99. The van der Waals surface area contributed by atoms with Gasteiger partial charge < -0.3 is 14.2 Å². The second-order valence-corrected chi connectivity index (χ2v) is 8.37. The van der Waals surface area contributed by atoms with Crippen LogP contribution in [0.25, 0.3) is 0 Å². The molecule has 0 N–H and O–H groups in total. The maximum atomic E-state index is 12.8. The Labute approximate surface area is 170 Å². The van der Waals surface area contributed by atoms with Gasteiger partial charge in [-0.2, -0.15) is 0 Å². The summed E-state index contributed by atoms with van der Waals surface area (Å²) >= 11 is 0. The van der Waals surface area contributed by atoms with Crippen molar-refractivity contribution in [3.63, 3.8) is 0 Å². The van der Waals surface area contributed by atoms with Gasteiger partial charge in [-0.05, 0) is 49.3 Å². The molecule has 0 aliphatic heterocycles. The molecule has 1 aromatic carbocycles. The number of hydrogen-bond acceptors (Lipinski definition) is 4. The van der Waals surface area contributed by atoms with E-state index in [-0.39, 0.29) is 29.8 Å². The minimum atomic E-state index is -0.246. The maximum absolute atomic E-state index is 12.8. The SMILES string of the molecule is COc1ccc(COC2C(C)CC(=O)C(/C(C)=C/CCC(C)C)C2OC)cc1. The van der Waals surface area contributed by atoms with Crippen molar-refractivity contribution in [3.8, 4) is 5.75 Å². The average Bonchev–Trinajstić information content (AvgIpc) is 2.66. The van der Waals surface area contributed by atoms with Crippen LogP contribution in [0.3, 0.4) is 0 Å². The molecule has 2 rings (SSSR count). The van der Waals surface area contributed by atoms with Crippen LogP contribution in [-0.2, 0) is 20.9 Å². The summed E-state index contributed by atoms with van der Waals surface area (Å²) in [5.74, 6) is 1.67. The first kappa shape index (κ1) is 22.6. The summed E-state index contributed by atoms with van der Waals surface area (Å²) in [4.78, 5) is 12.8. The largest absolute Gasteiger partial charge is 0.497 e. The van der Waals surface area contributed by atoms with Crippen molar-refractivity contribution >= 4 is 5.78 Å². The summed E-state index contributed by atoms with van der Waals surface area (Å²) < 4.78 is 17.3. The molecule has 0 amide bonds. The van der Waals surface area contributed by atoms with Crippen LogP contribution in [0.5, 0.6) is 5.75 Å². The number of allylic oxidation sites excluding steroid dienone is 1. The van der Waals surface area contributed by atoms with Crippen molar-refractivity contribution in [2.75, 3.05) is 14.2 Å². The molecule has 156 valence electrons. The van der Waals surface area contributed by atoms with Crippen LogP contribution in [0.15, 0.2) is 35.9 Å². The molecule has 1 fully saturated rings. The van der Waals surface area contributed by atoms with E-state index in [1.54, 1.807) is 14.2 Å². The Morgan fingerprint density at radius 2 is 1.86 bits per heavy atom. The van der Waals surface area contributed by atoms with E-state index in [4.69, 9.17) is 14.2 Å². The molecule has 1 aliphatic rings. The predicted octanol–water partition coefficient (Wildman–Crippen LogP) is 5.20. The number of hydrogen-bond donors (Lipinski definition) is 0. The van der Waals surface area contributed by atoms with Gasteiger partial charge in [-0.15, -0.1) is 0 Å². The summed E-state index contributed by atoms with van der Waals surface area (Å²) in [6, 6.07) is 7.89. The monoisotopic (exact) mass is 388 g/mol. The Bertz CT molecular complexity index is 647. The molecular weight excluding hydrogens is 352 g/mol. The van der Waals surface area contributed by atoms with Crippen LogP contribution in [0.1, 0.15) is 52.5 Å². The number of carbonyl (C=O) groups is 1. The lowest BCUT2D eigenvalue weighted by atomic mass is 9.74. The third-order valence-electron chi connectivity index (χ3n) is 5.66. The highest BCUT2D eigenvalue weighted by Crippen LogP contribution is 2.35. The van der Waals surface area contributed by atoms with Gasteiger partial charge in [-0.25, -0.2) is 0 Å². The molecule has 1 saturated carbocycles. The topological polar surface area (TPSA) is 44.8 Å². The van der Waals surface area contributed by atoms with Crippen molar-refractivity contribution in [3.05, 3.63) is 41.5 Å². The molecule has 4 atom stereocenters. The zero-order valence-electron chi connectivity index (χ0n) is 18.2. The van der Waals surface area contributed by atoms with Gasteiger partial charge in [-0.3, -0.25) is 4.79 Å². The minimum Gasteiger partial charge on any atom is -0.497 e. The molecule has 4 unspecified atom stereocenters. The third kappa shape index (κ3) is 5.92. The van der Waals surface area contributed by atoms with Crippen LogP contribution >= 0.6 is 0 Å². The van der Waals surface area contributed by atoms with Gasteiger partial charge in [0.25, 0.3) is 0 Å². The highest BCUT2D eigenvalue weighted by molar-refractivity contribution is 5.85. The van der Waals surface area contributed by atoms with Crippen molar-refractivity contribution < 1.29 is 19.0 Å². The van der Waals surface area contributed by atoms with Crippen LogP contribution < -0.4 is 4.74 Å². The van der Waals surface area contributed by atoms with Gasteiger partial charge in [0.2, 0.25) is 0 Å². The minimum absolute atomic E-state index is 0.108. The van der Waals surface area contributed by atoms with E-state index in [9.17, 15) is 4.79 Å². The zero-order valence-corrected chi connectivity index (χ0v) is 18.2. The zero-order chi connectivity index (χ0) is 20.7. The summed E-state index contributed by atoms with van der Waals surface area (Å²) in [5, 5.41) is 0. The smallest absolute Gasteiger partial charge is 0.143 e. The van der Waals surface area contributed by atoms with Crippen molar-refractivity contribution in [1.29, 1.82) is 0 Å². The average molecular weight is 389 g/mol. The predicted molar refractivity (Wildman–Crippen MR) is 112 cm³/mol. The van der Waals surface area contributed by atoms with Gasteiger partial charge >= 0.3 is 0 Å². The Balaban J connectivity index is 2.10. The molecule has 4 heteroatoms. The van der Waals surface area contributed by atoms with Gasteiger partial charge in [0.1, 0.15) is 11.5 Å². The summed E-state index contributed by atoms with van der Waals surface area (Å²) in [6.45, 7) is 9.08. The summed E-state index contributed by atoms with van der Waals surface area (Å²) in [7, 11) is 3.35. The van der Waals surface area contributed by atoms with E-state index >= 15 is 0 Å². The van der Waals surface area contributed by atoms with Crippen LogP contribution in [0.4, 0.5) is 0 Å². The molecule has 28 heavy (non-hydrogen) atoms. The van der Waals surface area contributed by atoms with Crippen molar-refractivity contribution in [2.24, 2.45) is 17.8 Å². The van der Waals surface area contributed by atoms with E-state index in [1.807, 2.05) is 24.3 Å². The first-order chi connectivity index (χ1) is 13.4. The quantitative estimate of drug-likeness (QED) is 0.545.